The Hall–Kier alpha value is -1.50. The molecule has 0 aliphatic carbocycles. The van der Waals surface area contributed by atoms with Crippen molar-refractivity contribution in [2.24, 2.45) is 11.7 Å². The van der Waals surface area contributed by atoms with E-state index in [4.69, 9.17) is 10.5 Å². The van der Waals surface area contributed by atoms with Crippen LogP contribution >= 0.6 is 0 Å². The molecule has 0 amide bonds. The van der Waals surface area contributed by atoms with Gasteiger partial charge in [0.25, 0.3) is 0 Å². The number of benzene rings is 1. The summed E-state index contributed by atoms with van der Waals surface area (Å²) in [5, 5.41) is 0. The number of likely N-dealkylation sites (tertiary alicyclic amines) is 1. The lowest BCUT2D eigenvalue weighted by Crippen LogP contribution is -2.26. The highest BCUT2D eigenvalue weighted by Crippen LogP contribution is 2.20. The zero-order chi connectivity index (χ0) is 14.9. The van der Waals surface area contributed by atoms with Gasteiger partial charge in [-0.25, -0.2) is 0 Å². The van der Waals surface area contributed by atoms with Crippen LogP contribution in [0, 0.1) is 17.8 Å². The van der Waals surface area contributed by atoms with Gasteiger partial charge >= 0.3 is 0 Å². The highest BCUT2D eigenvalue weighted by Gasteiger charge is 2.20. The highest BCUT2D eigenvalue weighted by molar-refractivity contribution is 5.39. The Morgan fingerprint density at radius 1 is 1.43 bits per heavy atom. The molecule has 1 unspecified atom stereocenters. The summed E-state index contributed by atoms with van der Waals surface area (Å²) in [5.41, 5.74) is 6.35. The molecule has 114 valence electrons. The van der Waals surface area contributed by atoms with Crippen LogP contribution < -0.4 is 10.5 Å². The van der Waals surface area contributed by atoms with E-state index in [-0.39, 0.29) is 0 Å². The van der Waals surface area contributed by atoms with Gasteiger partial charge in [0.1, 0.15) is 12.4 Å². The zero-order valence-corrected chi connectivity index (χ0v) is 13.0. The van der Waals surface area contributed by atoms with Crippen LogP contribution in [-0.2, 0) is 0 Å². The minimum atomic E-state index is 0.388. The van der Waals surface area contributed by atoms with Crippen molar-refractivity contribution in [3.05, 3.63) is 29.8 Å². The fraction of sp³-hybridized carbons (Fsp3) is 0.556. The average Bonchev–Trinajstić information content (AvgIpc) is 2.94. The normalized spacial score (nSPS) is 18.3. The van der Waals surface area contributed by atoms with Crippen molar-refractivity contribution in [1.82, 2.24) is 4.90 Å². The van der Waals surface area contributed by atoms with Crippen LogP contribution in [-0.4, -0.2) is 37.7 Å². The third-order valence-corrected chi connectivity index (χ3v) is 3.91. The van der Waals surface area contributed by atoms with Crippen LogP contribution in [0.5, 0.6) is 5.75 Å². The van der Waals surface area contributed by atoms with Crippen LogP contribution in [0.4, 0.5) is 0 Å². The van der Waals surface area contributed by atoms with Gasteiger partial charge in [-0.3, -0.25) is 4.90 Å². The third kappa shape index (κ3) is 5.41. The molecule has 1 fully saturated rings. The van der Waals surface area contributed by atoms with E-state index in [0.717, 1.165) is 30.4 Å². The average molecular weight is 286 g/mol. The van der Waals surface area contributed by atoms with Crippen LogP contribution in [0.15, 0.2) is 24.3 Å². The molecule has 1 atom stereocenters. The molecule has 0 spiro atoms. The standard InChI is InChI=1S/C18H26N2O/c1-2-5-17-9-11-20(15-17)12-13-21-18-8-3-6-16(14-18)7-4-10-19/h3,6,8,14,17H,2,5,9-13,15,19H2,1H3. The van der Waals surface area contributed by atoms with Crippen molar-refractivity contribution in [2.75, 3.05) is 32.8 Å². The molecule has 2 N–H and O–H groups in total. The Morgan fingerprint density at radius 2 is 2.33 bits per heavy atom. The van der Waals surface area contributed by atoms with Gasteiger partial charge in [0.05, 0.1) is 6.54 Å². The van der Waals surface area contributed by atoms with Crippen LogP contribution in [0.2, 0.25) is 0 Å². The molecule has 0 aromatic heterocycles. The van der Waals surface area contributed by atoms with Crippen LogP contribution in [0.3, 0.4) is 0 Å². The molecule has 0 radical (unpaired) electrons. The van der Waals surface area contributed by atoms with Gasteiger partial charge in [-0.05, 0) is 43.5 Å². The van der Waals surface area contributed by atoms with Crippen molar-refractivity contribution in [2.45, 2.75) is 26.2 Å². The molecule has 1 aliphatic heterocycles. The largest absolute Gasteiger partial charge is 0.492 e. The molecule has 1 aromatic carbocycles. The summed E-state index contributed by atoms with van der Waals surface area (Å²) in [6.45, 7) is 6.87. The van der Waals surface area contributed by atoms with Crippen molar-refractivity contribution in [3.8, 4) is 17.6 Å². The second-order valence-corrected chi connectivity index (χ2v) is 5.63. The van der Waals surface area contributed by atoms with Crippen molar-refractivity contribution in [1.29, 1.82) is 0 Å². The maximum absolute atomic E-state index is 5.84. The molecule has 3 heteroatoms. The Bertz CT molecular complexity index is 489. The van der Waals surface area contributed by atoms with Crippen molar-refractivity contribution >= 4 is 0 Å². The Morgan fingerprint density at radius 3 is 3.14 bits per heavy atom. The number of hydrogen-bond donors (Lipinski definition) is 1. The Kier molecular flexibility index (Phi) is 6.59. The highest BCUT2D eigenvalue weighted by atomic mass is 16.5. The lowest BCUT2D eigenvalue weighted by atomic mass is 10.0. The Labute approximate surface area is 128 Å². The quantitative estimate of drug-likeness (QED) is 0.817. The van der Waals surface area contributed by atoms with E-state index in [9.17, 15) is 0 Å². The van der Waals surface area contributed by atoms with Gasteiger partial charge < -0.3 is 10.5 Å². The lowest BCUT2D eigenvalue weighted by molar-refractivity contribution is 0.232. The van der Waals surface area contributed by atoms with Gasteiger partial charge in [0.15, 0.2) is 0 Å². The predicted octanol–water partition coefficient (Wildman–Crippen LogP) is 2.50. The molecular formula is C18H26N2O. The first-order chi connectivity index (χ1) is 10.3. The van der Waals surface area contributed by atoms with E-state index in [2.05, 4.69) is 23.7 Å². The molecular weight excluding hydrogens is 260 g/mol. The SMILES string of the molecule is CCCC1CCN(CCOc2cccc(C#CCN)c2)C1. The second kappa shape index (κ2) is 8.71. The minimum absolute atomic E-state index is 0.388. The van der Waals surface area contributed by atoms with E-state index < -0.39 is 0 Å². The van der Waals surface area contributed by atoms with Crippen molar-refractivity contribution in [3.63, 3.8) is 0 Å². The zero-order valence-electron chi connectivity index (χ0n) is 13.0. The molecule has 1 heterocycles. The number of ether oxygens (including phenoxy) is 1. The van der Waals surface area contributed by atoms with Gasteiger partial charge in [-0.2, -0.15) is 0 Å². The smallest absolute Gasteiger partial charge is 0.120 e. The van der Waals surface area contributed by atoms with E-state index in [1.807, 2.05) is 24.3 Å². The second-order valence-electron chi connectivity index (χ2n) is 5.63. The Balaban J connectivity index is 1.74. The molecule has 21 heavy (non-hydrogen) atoms. The summed E-state index contributed by atoms with van der Waals surface area (Å²) in [5.74, 6) is 7.68. The summed E-state index contributed by atoms with van der Waals surface area (Å²) in [4.78, 5) is 2.51. The molecule has 1 aliphatic rings. The lowest BCUT2D eigenvalue weighted by Gasteiger charge is -2.16. The predicted molar refractivity (Wildman–Crippen MR) is 87.3 cm³/mol. The van der Waals surface area contributed by atoms with Crippen LogP contribution in [0.25, 0.3) is 0 Å². The third-order valence-electron chi connectivity index (χ3n) is 3.91. The van der Waals surface area contributed by atoms with E-state index >= 15 is 0 Å². The fourth-order valence-corrected chi connectivity index (χ4v) is 2.87. The molecule has 1 aromatic rings. The molecule has 3 nitrogen and oxygen atoms in total. The van der Waals surface area contributed by atoms with Gasteiger partial charge in [0.2, 0.25) is 0 Å². The van der Waals surface area contributed by atoms with Gasteiger partial charge in [-0.15, -0.1) is 0 Å². The van der Waals surface area contributed by atoms with E-state index in [1.54, 1.807) is 0 Å². The first-order valence-electron chi connectivity index (χ1n) is 7.96. The summed E-state index contributed by atoms with van der Waals surface area (Å²) < 4.78 is 5.84. The number of nitrogens with two attached hydrogens (primary N) is 1. The van der Waals surface area contributed by atoms with E-state index in [0.29, 0.717) is 6.54 Å². The number of hydrogen-bond acceptors (Lipinski definition) is 3. The minimum Gasteiger partial charge on any atom is -0.492 e. The summed E-state index contributed by atoms with van der Waals surface area (Å²) in [6, 6.07) is 7.92. The van der Waals surface area contributed by atoms with Crippen LogP contribution in [0.1, 0.15) is 31.7 Å². The maximum Gasteiger partial charge on any atom is 0.120 e. The first kappa shape index (κ1) is 15.9. The van der Waals surface area contributed by atoms with Gasteiger partial charge in [-0.1, -0.05) is 31.3 Å². The molecule has 0 saturated carbocycles. The molecule has 2 rings (SSSR count). The summed E-state index contributed by atoms with van der Waals surface area (Å²) >= 11 is 0. The van der Waals surface area contributed by atoms with Gasteiger partial charge in [0, 0.05) is 18.7 Å². The van der Waals surface area contributed by atoms with E-state index in [1.165, 1.54) is 32.4 Å². The summed E-state index contributed by atoms with van der Waals surface area (Å²) in [7, 11) is 0. The fourth-order valence-electron chi connectivity index (χ4n) is 2.87. The molecule has 1 saturated heterocycles. The topological polar surface area (TPSA) is 38.5 Å². The monoisotopic (exact) mass is 286 g/mol. The molecule has 0 bridgehead atoms. The maximum atomic E-state index is 5.84. The van der Waals surface area contributed by atoms with Crippen molar-refractivity contribution < 1.29 is 4.74 Å². The first-order valence-corrected chi connectivity index (χ1v) is 7.96. The number of rotatable bonds is 6. The number of nitrogens with zero attached hydrogens (tertiary/aromatic N) is 1. The summed E-state index contributed by atoms with van der Waals surface area (Å²) in [6.07, 6.45) is 4.00.